The molecule has 4 aromatic rings. The second-order valence-corrected chi connectivity index (χ2v) is 9.54. The minimum Gasteiger partial charge on any atom is -0.489 e. The first-order chi connectivity index (χ1) is 19.1. The molecule has 2 aromatic heterocycles. The predicted octanol–water partition coefficient (Wildman–Crippen LogP) is 5.20. The van der Waals surface area contributed by atoms with Gasteiger partial charge in [0.15, 0.2) is 5.58 Å². The van der Waals surface area contributed by atoms with Crippen LogP contribution in [0.5, 0.6) is 5.75 Å². The number of halogens is 1. The van der Waals surface area contributed by atoms with Crippen molar-refractivity contribution in [3.05, 3.63) is 71.7 Å². The molecule has 9 heteroatoms. The lowest BCUT2D eigenvalue weighted by Gasteiger charge is -2.26. The van der Waals surface area contributed by atoms with Gasteiger partial charge in [-0.25, -0.2) is 4.39 Å². The van der Waals surface area contributed by atoms with Gasteiger partial charge in [-0.1, -0.05) is 6.07 Å². The number of furan rings is 1. The zero-order valence-corrected chi connectivity index (χ0v) is 21.2. The second kappa shape index (κ2) is 10.8. The molecule has 2 fully saturated rings. The number of carbonyl (C=O) groups is 1. The van der Waals surface area contributed by atoms with Crippen LogP contribution in [-0.2, 0) is 9.47 Å². The number of benzene rings is 2. The van der Waals surface area contributed by atoms with Gasteiger partial charge in [0.2, 0.25) is 0 Å². The number of nitrogens with zero attached hydrogens (tertiary/aromatic N) is 3. The smallest absolute Gasteiger partial charge is 0.254 e. The summed E-state index contributed by atoms with van der Waals surface area (Å²) in [6.07, 6.45) is 3.23. The Morgan fingerprint density at radius 3 is 2.56 bits per heavy atom. The van der Waals surface area contributed by atoms with Crippen molar-refractivity contribution in [1.29, 1.82) is 5.26 Å². The van der Waals surface area contributed by atoms with E-state index in [1.54, 1.807) is 47.5 Å². The Bertz CT molecular complexity index is 1560. The Hall–Kier alpha value is -4.26. The van der Waals surface area contributed by atoms with E-state index in [1.165, 1.54) is 6.07 Å². The maximum atomic E-state index is 15.2. The van der Waals surface area contributed by atoms with E-state index in [0.29, 0.717) is 67.7 Å². The van der Waals surface area contributed by atoms with Crippen molar-refractivity contribution in [2.45, 2.75) is 18.9 Å². The number of aromatic nitrogens is 1. The molecule has 198 valence electrons. The van der Waals surface area contributed by atoms with Crippen LogP contribution in [0.1, 0.15) is 28.8 Å². The summed E-state index contributed by atoms with van der Waals surface area (Å²) in [5, 5.41) is 9.80. The van der Waals surface area contributed by atoms with E-state index in [9.17, 15) is 10.1 Å². The van der Waals surface area contributed by atoms with Gasteiger partial charge in [0.25, 0.3) is 5.91 Å². The first-order valence-corrected chi connectivity index (χ1v) is 12.9. The fraction of sp³-hybridized carbons (Fsp3) is 0.300. The van der Waals surface area contributed by atoms with E-state index >= 15 is 4.39 Å². The molecule has 2 aliphatic heterocycles. The molecule has 0 N–H and O–H groups in total. The number of carbonyl (C=O) groups excluding carboxylic acids is 1. The lowest BCUT2D eigenvalue weighted by molar-refractivity contribution is 0.0254. The van der Waals surface area contributed by atoms with E-state index in [-0.39, 0.29) is 23.1 Å². The average molecular weight is 528 g/mol. The highest BCUT2D eigenvalue weighted by atomic mass is 19.1. The SMILES string of the molecule is N#Cc1cc(-c2ccnc3cc(-c4ccc(C(=O)N5CCOCC5)cc4F)oc23)ccc1OC1CCOCC1. The molecule has 0 radical (unpaired) electrons. The molecule has 2 aromatic carbocycles. The van der Waals surface area contributed by atoms with E-state index in [1.807, 2.05) is 6.07 Å². The Morgan fingerprint density at radius 1 is 1.00 bits per heavy atom. The van der Waals surface area contributed by atoms with E-state index < -0.39 is 5.82 Å². The fourth-order valence-electron chi connectivity index (χ4n) is 4.96. The molecule has 0 saturated carbocycles. The van der Waals surface area contributed by atoms with Gasteiger partial charge in [-0.05, 0) is 42.0 Å². The minimum absolute atomic E-state index is 0.0161. The average Bonchev–Trinajstić information content (AvgIpc) is 3.42. The van der Waals surface area contributed by atoms with Gasteiger partial charge in [0.05, 0.1) is 37.6 Å². The molecular weight excluding hydrogens is 501 g/mol. The molecule has 2 aliphatic rings. The topological polar surface area (TPSA) is 97.8 Å². The maximum absolute atomic E-state index is 15.2. The summed E-state index contributed by atoms with van der Waals surface area (Å²) >= 11 is 0. The van der Waals surface area contributed by atoms with Crippen LogP contribution in [0.15, 0.2) is 59.1 Å². The van der Waals surface area contributed by atoms with E-state index in [4.69, 9.17) is 18.6 Å². The van der Waals surface area contributed by atoms with Crippen molar-refractivity contribution in [3.63, 3.8) is 0 Å². The zero-order valence-electron chi connectivity index (χ0n) is 21.2. The number of ether oxygens (including phenoxy) is 3. The summed E-state index contributed by atoms with van der Waals surface area (Å²) in [6, 6.07) is 15.5. The van der Waals surface area contributed by atoms with Gasteiger partial charge in [-0.15, -0.1) is 0 Å². The Balaban J connectivity index is 1.29. The van der Waals surface area contributed by atoms with E-state index in [2.05, 4.69) is 11.1 Å². The summed E-state index contributed by atoms with van der Waals surface area (Å²) in [7, 11) is 0. The van der Waals surface area contributed by atoms with Crippen LogP contribution >= 0.6 is 0 Å². The summed E-state index contributed by atoms with van der Waals surface area (Å²) in [5.74, 6) is 0.0473. The third-order valence-electron chi connectivity index (χ3n) is 7.06. The summed E-state index contributed by atoms with van der Waals surface area (Å²) < 4.78 is 38.1. The molecule has 0 atom stereocenters. The van der Waals surface area contributed by atoms with Crippen LogP contribution in [0.3, 0.4) is 0 Å². The largest absolute Gasteiger partial charge is 0.489 e. The molecule has 1 amide bonds. The monoisotopic (exact) mass is 527 g/mol. The van der Waals surface area contributed by atoms with Crippen molar-refractivity contribution in [2.75, 3.05) is 39.5 Å². The van der Waals surface area contributed by atoms with Crippen LogP contribution in [0.2, 0.25) is 0 Å². The van der Waals surface area contributed by atoms with Crippen molar-refractivity contribution in [3.8, 4) is 34.3 Å². The molecule has 6 rings (SSSR count). The highest BCUT2D eigenvalue weighted by molar-refractivity contribution is 5.95. The van der Waals surface area contributed by atoms with Gasteiger partial charge < -0.3 is 23.5 Å². The molecule has 0 unspecified atom stereocenters. The first kappa shape index (κ1) is 25.0. The highest BCUT2D eigenvalue weighted by Gasteiger charge is 2.22. The standard InChI is InChI=1S/C30H26FN3O5/c31-25-16-20(30(35)34-9-13-37-14-10-34)1-3-24(25)28-17-26-29(39-28)23(5-8-33-26)19-2-4-27(21(15-19)18-32)38-22-6-11-36-12-7-22/h1-5,8,15-17,22H,6-7,9-14H2. The summed E-state index contributed by atoms with van der Waals surface area (Å²) in [6.45, 7) is 3.21. The Kier molecular flexibility index (Phi) is 6.97. The third-order valence-corrected chi connectivity index (χ3v) is 7.06. The van der Waals surface area contributed by atoms with Crippen LogP contribution in [0, 0.1) is 17.1 Å². The predicted molar refractivity (Wildman–Crippen MR) is 141 cm³/mol. The van der Waals surface area contributed by atoms with Gasteiger partial charge >= 0.3 is 0 Å². The molecule has 4 heterocycles. The van der Waals surface area contributed by atoms with Gasteiger partial charge in [-0.2, -0.15) is 5.26 Å². The van der Waals surface area contributed by atoms with Crippen molar-refractivity contribution in [2.24, 2.45) is 0 Å². The molecule has 0 spiro atoms. The second-order valence-electron chi connectivity index (χ2n) is 9.54. The molecule has 2 saturated heterocycles. The van der Waals surface area contributed by atoms with Crippen molar-refractivity contribution < 1.29 is 27.8 Å². The zero-order chi connectivity index (χ0) is 26.8. The van der Waals surface area contributed by atoms with Crippen LogP contribution < -0.4 is 4.74 Å². The first-order valence-electron chi connectivity index (χ1n) is 12.9. The quantitative estimate of drug-likeness (QED) is 0.352. The lowest BCUT2D eigenvalue weighted by atomic mass is 10.0. The maximum Gasteiger partial charge on any atom is 0.254 e. The fourth-order valence-corrected chi connectivity index (χ4v) is 4.96. The Morgan fingerprint density at radius 2 is 1.79 bits per heavy atom. The van der Waals surface area contributed by atoms with E-state index in [0.717, 1.165) is 24.0 Å². The number of fused-ring (bicyclic) bond motifs is 1. The number of nitriles is 1. The van der Waals surface area contributed by atoms with Crippen LogP contribution in [0.4, 0.5) is 4.39 Å². The third kappa shape index (κ3) is 5.09. The van der Waals surface area contributed by atoms with Gasteiger partial charge in [0, 0.05) is 49.3 Å². The molecule has 39 heavy (non-hydrogen) atoms. The van der Waals surface area contributed by atoms with Crippen LogP contribution in [0.25, 0.3) is 33.6 Å². The minimum atomic E-state index is -0.559. The molecule has 0 aliphatic carbocycles. The van der Waals surface area contributed by atoms with Crippen LogP contribution in [-0.4, -0.2) is 61.4 Å². The number of pyridine rings is 1. The molecule has 8 nitrogen and oxygen atoms in total. The van der Waals surface area contributed by atoms with Crippen molar-refractivity contribution in [1.82, 2.24) is 9.88 Å². The number of morpholine rings is 1. The number of hydrogen-bond acceptors (Lipinski definition) is 7. The number of amides is 1. The molecular formula is C30H26FN3O5. The Labute approximate surface area is 224 Å². The highest BCUT2D eigenvalue weighted by Crippen LogP contribution is 2.36. The number of hydrogen-bond donors (Lipinski definition) is 0. The van der Waals surface area contributed by atoms with Crippen molar-refractivity contribution >= 4 is 17.0 Å². The normalized spacial score (nSPS) is 16.3. The lowest BCUT2D eigenvalue weighted by Crippen LogP contribution is -2.40. The summed E-state index contributed by atoms with van der Waals surface area (Å²) in [4.78, 5) is 18.8. The number of rotatable bonds is 5. The molecule has 0 bridgehead atoms. The summed E-state index contributed by atoms with van der Waals surface area (Å²) in [5.41, 5.74) is 3.43. The van der Waals surface area contributed by atoms with Gasteiger partial charge in [0.1, 0.15) is 35.0 Å². The van der Waals surface area contributed by atoms with Gasteiger partial charge in [-0.3, -0.25) is 9.78 Å².